The van der Waals surface area contributed by atoms with Gasteiger partial charge in [0.05, 0.1) is 5.92 Å². The van der Waals surface area contributed by atoms with Gasteiger partial charge in [-0.25, -0.2) is 4.39 Å². The van der Waals surface area contributed by atoms with Crippen LogP contribution in [0, 0.1) is 11.7 Å². The van der Waals surface area contributed by atoms with E-state index in [9.17, 15) is 18.8 Å². The van der Waals surface area contributed by atoms with Gasteiger partial charge in [-0.05, 0) is 31.4 Å². The van der Waals surface area contributed by atoms with E-state index in [0.717, 1.165) is 37.9 Å². The van der Waals surface area contributed by atoms with Gasteiger partial charge in [0.2, 0.25) is 11.8 Å². The summed E-state index contributed by atoms with van der Waals surface area (Å²) in [6.45, 7) is 1.45. The van der Waals surface area contributed by atoms with Gasteiger partial charge in [-0.1, -0.05) is 6.07 Å². The first-order chi connectivity index (χ1) is 11.1. The highest BCUT2D eigenvalue weighted by Gasteiger charge is 2.30. The number of imide groups is 1. The van der Waals surface area contributed by atoms with E-state index in [2.05, 4.69) is 10.2 Å². The first-order valence-corrected chi connectivity index (χ1v) is 7.92. The Balaban J connectivity index is 1.75. The van der Waals surface area contributed by atoms with Crippen LogP contribution in [0.5, 0.6) is 0 Å². The Kier molecular flexibility index (Phi) is 4.41. The van der Waals surface area contributed by atoms with Gasteiger partial charge in [-0.2, -0.15) is 0 Å². The van der Waals surface area contributed by atoms with Gasteiger partial charge in [-0.15, -0.1) is 0 Å². The van der Waals surface area contributed by atoms with Gasteiger partial charge in [0.1, 0.15) is 12.1 Å². The average molecular weight is 318 g/mol. The Labute approximate surface area is 133 Å². The molecule has 1 aromatic rings. The number of anilines is 1. The second-order valence-electron chi connectivity index (χ2n) is 6.17. The number of halogens is 1. The van der Waals surface area contributed by atoms with E-state index in [1.165, 1.54) is 6.07 Å². The van der Waals surface area contributed by atoms with Crippen molar-refractivity contribution in [3.05, 3.63) is 29.6 Å². The molecule has 0 aliphatic carbocycles. The Bertz CT molecular complexity index is 639. The Hall–Kier alpha value is -2.24. The van der Waals surface area contributed by atoms with Gasteiger partial charge in [0, 0.05) is 36.7 Å². The zero-order valence-electron chi connectivity index (χ0n) is 12.8. The molecule has 0 radical (unpaired) electrons. The number of benzene rings is 1. The fraction of sp³-hybridized carbons (Fsp3) is 0.471. The van der Waals surface area contributed by atoms with Crippen LogP contribution in [0.4, 0.5) is 10.1 Å². The summed E-state index contributed by atoms with van der Waals surface area (Å²) in [5.41, 5.74) is 1.10. The van der Waals surface area contributed by atoms with E-state index >= 15 is 0 Å². The van der Waals surface area contributed by atoms with Crippen molar-refractivity contribution < 1.29 is 18.8 Å². The molecule has 23 heavy (non-hydrogen) atoms. The van der Waals surface area contributed by atoms with Gasteiger partial charge in [0.25, 0.3) is 0 Å². The molecule has 3 rings (SSSR count). The van der Waals surface area contributed by atoms with E-state index in [1.807, 2.05) is 6.07 Å². The minimum atomic E-state index is -0.609. The number of nitrogens with zero attached hydrogens (tertiary/aromatic N) is 1. The third-order valence-corrected chi connectivity index (χ3v) is 4.70. The first-order valence-electron chi connectivity index (χ1n) is 7.92. The summed E-state index contributed by atoms with van der Waals surface area (Å²) < 4.78 is 14.5. The lowest BCUT2D eigenvalue weighted by atomic mass is 9.90. The molecule has 2 aliphatic rings. The largest absolute Gasteiger partial charge is 0.371 e. The Morgan fingerprint density at radius 1 is 1.17 bits per heavy atom. The average Bonchev–Trinajstić information content (AvgIpc) is 2.55. The number of amides is 2. The number of aldehydes is 1. The summed E-state index contributed by atoms with van der Waals surface area (Å²) in [6.07, 6.45) is 3.12. The fourth-order valence-electron chi connectivity index (χ4n) is 3.28. The molecule has 0 bridgehead atoms. The summed E-state index contributed by atoms with van der Waals surface area (Å²) in [5, 5.41) is 2.26. The van der Waals surface area contributed by atoms with Crippen molar-refractivity contribution in [2.75, 3.05) is 18.0 Å². The van der Waals surface area contributed by atoms with E-state index in [-0.39, 0.29) is 18.2 Å². The number of hydrogen-bond donors (Lipinski definition) is 1. The smallest absolute Gasteiger partial charge is 0.234 e. The molecule has 6 heteroatoms. The lowest BCUT2D eigenvalue weighted by Gasteiger charge is -2.32. The van der Waals surface area contributed by atoms with E-state index in [0.29, 0.717) is 12.0 Å². The second kappa shape index (κ2) is 6.48. The third kappa shape index (κ3) is 3.25. The van der Waals surface area contributed by atoms with Crippen LogP contribution in [0.2, 0.25) is 0 Å². The van der Waals surface area contributed by atoms with Crippen LogP contribution in [0.25, 0.3) is 0 Å². The topological polar surface area (TPSA) is 66.5 Å². The minimum Gasteiger partial charge on any atom is -0.371 e. The molecule has 1 unspecified atom stereocenters. The number of nitrogens with one attached hydrogen (secondary N) is 1. The van der Waals surface area contributed by atoms with Gasteiger partial charge in [-0.3, -0.25) is 14.9 Å². The fourth-order valence-corrected chi connectivity index (χ4v) is 3.28. The van der Waals surface area contributed by atoms with Crippen molar-refractivity contribution in [3.63, 3.8) is 0 Å². The summed E-state index contributed by atoms with van der Waals surface area (Å²) in [7, 11) is 0. The molecule has 1 N–H and O–H groups in total. The Morgan fingerprint density at radius 2 is 1.91 bits per heavy atom. The van der Waals surface area contributed by atoms with Crippen molar-refractivity contribution in [2.24, 2.45) is 5.92 Å². The Morgan fingerprint density at radius 3 is 2.52 bits per heavy atom. The number of carbonyl (C=O) groups is 3. The summed E-state index contributed by atoms with van der Waals surface area (Å²) in [5.74, 6) is -1.67. The van der Waals surface area contributed by atoms with Crippen LogP contribution >= 0.6 is 0 Å². The van der Waals surface area contributed by atoms with Crippen molar-refractivity contribution in [2.45, 2.75) is 31.6 Å². The predicted octanol–water partition coefficient (Wildman–Crippen LogP) is 1.76. The van der Waals surface area contributed by atoms with Crippen molar-refractivity contribution in [1.82, 2.24) is 5.32 Å². The third-order valence-electron chi connectivity index (χ3n) is 4.70. The van der Waals surface area contributed by atoms with Crippen LogP contribution in [-0.4, -0.2) is 31.2 Å². The molecule has 2 heterocycles. The van der Waals surface area contributed by atoms with Crippen LogP contribution < -0.4 is 10.2 Å². The quantitative estimate of drug-likeness (QED) is 0.681. The standard InChI is InChI=1S/C17H19FN2O3/c18-15-9-12(20-7-5-11(10-21)6-8-20)1-2-13(15)14-3-4-16(22)19-17(14)23/h1-2,9-11,14H,3-8H2,(H,19,22,23). The number of piperidine rings is 2. The predicted molar refractivity (Wildman–Crippen MR) is 82.5 cm³/mol. The molecule has 1 aromatic carbocycles. The minimum absolute atomic E-state index is 0.0961. The maximum atomic E-state index is 14.5. The van der Waals surface area contributed by atoms with Crippen LogP contribution in [-0.2, 0) is 14.4 Å². The summed E-state index contributed by atoms with van der Waals surface area (Å²) in [6, 6.07) is 4.89. The van der Waals surface area contributed by atoms with E-state index in [4.69, 9.17) is 0 Å². The zero-order chi connectivity index (χ0) is 16.4. The maximum Gasteiger partial charge on any atom is 0.234 e. The maximum absolute atomic E-state index is 14.5. The van der Waals surface area contributed by atoms with Crippen molar-refractivity contribution in [3.8, 4) is 0 Å². The molecule has 2 aliphatic heterocycles. The number of carbonyl (C=O) groups excluding carboxylic acids is 3. The monoisotopic (exact) mass is 318 g/mol. The molecular weight excluding hydrogens is 299 g/mol. The molecular formula is C17H19FN2O3. The zero-order valence-corrected chi connectivity index (χ0v) is 12.8. The van der Waals surface area contributed by atoms with Gasteiger partial charge in [0.15, 0.2) is 0 Å². The highest BCUT2D eigenvalue weighted by Crippen LogP contribution is 2.30. The molecule has 2 saturated heterocycles. The molecule has 0 saturated carbocycles. The van der Waals surface area contributed by atoms with Gasteiger partial charge < -0.3 is 9.69 Å². The normalized spacial score (nSPS) is 22.8. The molecule has 5 nitrogen and oxygen atoms in total. The van der Waals surface area contributed by atoms with E-state index in [1.54, 1.807) is 6.07 Å². The highest BCUT2D eigenvalue weighted by molar-refractivity contribution is 6.01. The van der Waals surface area contributed by atoms with Crippen LogP contribution in [0.1, 0.15) is 37.2 Å². The molecule has 0 spiro atoms. The lowest BCUT2D eigenvalue weighted by molar-refractivity contribution is -0.134. The van der Waals surface area contributed by atoms with Crippen LogP contribution in [0.15, 0.2) is 18.2 Å². The SMILES string of the molecule is O=CC1CCN(c2ccc(C3CCC(=O)NC3=O)c(F)c2)CC1. The second-order valence-corrected chi connectivity index (χ2v) is 6.17. The molecule has 1 atom stereocenters. The molecule has 2 fully saturated rings. The molecule has 122 valence electrons. The lowest BCUT2D eigenvalue weighted by Crippen LogP contribution is -2.39. The molecule has 2 amide bonds. The van der Waals surface area contributed by atoms with E-state index < -0.39 is 17.6 Å². The summed E-state index contributed by atoms with van der Waals surface area (Å²) in [4.78, 5) is 35.9. The van der Waals surface area contributed by atoms with Crippen LogP contribution in [0.3, 0.4) is 0 Å². The first kappa shape index (κ1) is 15.6. The number of rotatable bonds is 3. The van der Waals surface area contributed by atoms with Gasteiger partial charge >= 0.3 is 0 Å². The summed E-state index contributed by atoms with van der Waals surface area (Å²) >= 11 is 0. The van der Waals surface area contributed by atoms with Crippen molar-refractivity contribution in [1.29, 1.82) is 0 Å². The number of hydrogen-bond acceptors (Lipinski definition) is 4. The highest BCUT2D eigenvalue weighted by atomic mass is 19.1. The van der Waals surface area contributed by atoms with Crippen molar-refractivity contribution >= 4 is 23.8 Å². The molecule has 0 aromatic heterocycles.